The van der Waals surface area contributed by atoms with Crippen LogP contribution < -0.4 is 5.32 Å². The minimum Gasteiger partial charge on any atom is -0.315 e. The fourth-order valence-corrected chi connectivity index (χ4v) is 2.65. The summed E-state index contributed by atoms with van der Waals surface area (Å²) in [5.74, 6) is 1.12. The number of aromatic nitrogens is 3. The Hall–Kier alpha value is -0.940. The normalized spacial score (nSPS) is 25.9. The third-order valence-corrected chi connectivity index (χ3v) is 3.67. The van der Waals surface area contributed by atoms with Gasteiger partial charge in [-0.2, -0.15) is 0 Å². The minimum atomic E-state index is 0.750. The van der Waals surface area contributed by atoms with E-state index in [2.05, 4.69) is 25.0 Å². The van der Waals surface area contributed by atoms with Crippen molar-refractivity contribution >= 4 is 0 Å². The van der Waals surface area contributed by atoms with Gasteiger partial charge in [0, 0.05) is 25.7 Å². The molecule has 0 spiro atoms. The molecular formula is C11H19N5. The highest BCUT2D eigenvalue weighted by Crippen LogP contribution is 2.13. The molecule has 3 heterocycles. The lowest BCUT2D eigenvalue weighted by Crippen LogP contribution is -2.36. The largest absolute Gasteiger partial charge is 0.315 e. The van der Waals surface area contributed by atoms with Gasteiger partial charge in [-0.05, 0) is 25.8 Å². The fraction of sp³-hybridized carbons (Fsp3) is 0.818. The zero-order chi connectivity index (χ0) is 10.8. The maximum absolute atomic E-state index is 4.14. The van der Waals surface area contributed by atoms with E-state index in [1.54, 1.807) is 0 Å². The van der Waals surface area contributed by atoms with Crippen molar-refractivity contribution in [1.29, 1.82) is 0 Å². The van der Waals surface area contributed by atoms with Crippen LogP contribution in [0.2, 0.25) is 0 Å². The first kappa shape index (κ1) is 10.2. The standard InChI is InChI=1S/C11H19N5/c1-2-10(12-4-1)3-5-15-6-7-16-9-13-14-11(16)8-15/h9-10,12H,1-8H2. The molecule has 5 heteroatoms. The van der Waals surface area contributed by atoms with Gasteiger partial charge in [-0.3, -0.25) is 4.90 Å². The van der Waals surface area contributed by atoms with Gasteiger partial charge in [-0.15, -0.1) is 10.2 Å². The summed E-state index contributed by atoms with van der Waals surface area (Å²) in [5, 5.41) is 11.6. The van der Waals surface area contributed by atoms with Gasteiger partial charge in [0.15, 0.2) is 0 Å². The third kappa shape index (κ3) is 2.10. The lowest BCUT2D eigenvalue weighted by molar-refractivity contribution is 0.207. The van der Waals surface area contributed by atoms with Gasteiger partial charge < -0.3 is 9.88 Å². The summed E-state index contributed by atoms with van der Waals surface area (Å²) >= 11 is 0. The molecule has 1 aromatic rings. The van der Waals surface area contributed by atoms with Crippen molar-refractivity contribution in [2.45, 2.75) is 38.4 Å². The van der Waals surface area contributed by atoms with Crippen LogP contribution in [0.15, 0.2) is 6.33 Å². The van der Waals surface area contributed by atoms with Gasteiger partial charge in [-0.1, -0.05) is 0 Å². The molecule has 2 aliphatic heterocycles. The van der Waals surface area contributed by atoms with Gasteiger partial charge in [0.2, 0.25) is 0 Å². The van der Waals surface area contributed by atoms with Crippen molar-refractivity contribution in [1.82, 2.24) is 25.0 Å². The SMILES string of the molecule is c1nnc2n1CCN(CCC1CCCN1)C2. The Morgan fingerprint density at radius 2 is 2.44 bits per heavy atom. The summed E-state index contributed by atoms with van der Waals surface area (Å²) in [6, 6.07) is 0.750. The lowest BCUT2D eigenvalue weighted by Gasteiger charge is -2.27. The molecule has 16 heavy (non-hydrogen) atoms. The van der Waals surface area contributed by atoms with E-state index < -0.39 is 0 Å². The molecule has 5 nitrogen and oxygen atoms in total. The Morgan fingerprint density at radius 3 is 3.31 bits per heavy atom. The van der Waals surface area contributed by atoms with Gasteiger partial charge in [-0.25, -0.2) is 0 Å². The molecule has 1 N–H and O–H groups in total. The van der Waals surface area contributed by atoms with E-state index in [1.165, 1.54) is 32.4 Å². The first-order valence-corrected chi connectivity index (χ1v) is 6.24. The van der Waals surface area contributed by atoms with Crippen molar-refractivity contribution in [3.8, 4) is 0 Å². The molecule has 88 valence electrons. The smallest absolute Gasteiger partial charge is 0.147 e. The molecule has 1 atom stereocenters. The van der Waals surface area contributed by atoms with Crippen molar-refractivity contribution in [3.05, 3.63) is 12.2 Å². The maximum atomic E-state index is 4.14. The van der Waals surface area contributed by atoms with Gasteiger partial charge in [0.05, 0.1) is 6.54 Å². The Balaban J connectivity index is 1.50. The monoisotopic (exact) mass is 221 g/mol. The summed E-state index contributed by atoms with van der Waals surface area (Å²) in [7, 11) is 0. The van der Waals surface area contributed by atoms with Crippen LogP contribution in [-0.2, 0) is 13.1 Å². The van der Waals surface area contributed by atoms with Gasteiger partial charge in [0.1, 0.15) is 12.2 Å². The number of rotatable bonds is 3. The van der Waals surface area contributed by atoms with Crippen molar-refractivity contribution in [3.63, 3.8) is 0 Å². The predicted octanol–water partition coefficient (Wildman–Crippen LogP) is 0.236. The molecule has 3 rings (SSSR count). The zero-order valence-corrected chi connectivity index (χ0v) is 9.60. The van der Waals surface area contributed by atoms with Crippen LogP contribution in [0.1, 0.15) is 25.1 Å². The minimum absolute atomic E-state index is 0.750. The molecule has 0 saturated carbocycles. The summed E-state index contributed by atoms with van der Waals surface area (Å²) in [5.41, 5.74) is 0. The van der Waals surface area contributed by atoms with Crippen molar-refractivity contribution in [2.75, 3.05) is 19.6 Å². The van der Waals surface area contributed by atoms with E-state index in [-0.39, 0.29) is 0 Å². The van der Waals surface area contributed by atoms with E-state index in [4.69, 9.17) is 0 Å². The van der Waals surface area contributed by atoms with E-state index in [0.29, 0.717) is 0 Å². The van der Waals surface area contributed by atoms with E-state index >= 15 is 0 Å². The number of hydrogen-bond donors (Lipinski definition) is 1. The molecule has 0 radical (unpaired) electrons. The van der Waals surface area contributed by atoms with Crippen LogP contribution >= 0.6 is 0 Å². The Morgan fingerprint density at radius 1 is 1.44 bits per heavy atom. The molecule has 0 amide bonds. The third-order valence-electron chi connectivity index (χ3n) is 3.67. The number of fused-ring (bicyclic) bond motifs is 1. The Labute approximate surface area is 95.8 Å². The van der Waals surface area contributed by atoms with Gasteiger partial charge >= 0.3 is 0 Å². The Kier molecular flexibility index (Phi) is 2.88. The summed E-state index contributed by atoms with van der Waals surface area (Å²) < 4.78 is 2.16. The van der Waals surface area contributed by atoms with Crippen LogP contribution in [0.3, 0.4) is 0 Å². The van der Waals surface area contributed by atoms with Crippen molar-refractivity contribution < 1.29 is 0 Å². The van der Waals surface area contributed by atoms with Crippen LogP contribution in [-0.4, -0.2) is 45.3 Å². The zero-order valence-electron chi connectivity index (χ0n) is 9.60. The van der Waals surface area contributed by atoms with Crippen molar-refractivity contribution in [2.24, 2.45) is 0 Å². The highest BCUT2D eigenvalue weighted by Gasteiger charge is 2.19. The second-order valence-electron chi connectivity index (χ2n) is 4.80. The average Bonchev–Trinajstić information content (AvgIpc) is 2.97. The molecule has 2 aliphatic rings. The topological polar surface area (TPSA) is 46.0 Å². The van der Waals surface area contributed by atoms with Crippen LogP contribution in [0, 0.1) is 0 Å². The second-order valence-corrected chi connectivity index (χ2v) is 4.80. The molecule has 1 saturated heterocycles. The first-order chi connectivity index (χ1) is 7.92. The highest BCUT2D eigenvalue weighted by atomic mass is 15.3. The molecule has 0 aromatic carbocycles. The predicted molar refractivity (Wildman–Crippen MR) is 60.9 cm³/mol. The van der Waals surface area contributed by atoms with Gasteiger partial charge in [0.25, 0.3) is 0 Å². The van der Waals surface area contributed by atoms with Crippen LogP contribution in [0.5, 0.6) is 0 Å². The molecule has 0 aliphatic carbocycles. The molecule has 0 bridgehead atoms. The van der Waals surface area contributed by atoms with E-state index in [0.717, 1.165) is 31.5 Å². The van der Waals surface area contributed by atoms with Crippen LogP contribution in [0.25, 0.3) is 0 Å². The summed E-state index contributed by atoms with van der Waals surface area (Å²) in [6.07, 6.45) is 5.81. The van der Waals surface area contributed by atoms with E-state index in [9.17, 15) is 0 Å². The number of nitrogens with zero attached hydrogens (tertiary/aromatic N) is 4. The number of hydrogen-bond acceptors (Lipinski definition) is 4. The maximum Gasteiger partial charge on any atom is 0.147 e. The molecular weight excluding hydrogens is 202 g/mol. The first-order valence-electron chi connectivity index (χ1n) is 6.24. The highest BCUT2D eigenvalue weighted by molar-refractivity contribution is 4.90. The second kappa shape index (κ2) is 4.51. The quantitative estimate of drug-likeness (QED) is 0.794. The number of nitrogens with one attached hydrogen (secondary N) is 1. The van der Waals surface area contributed by atoms with E-state index in [1.807, 2.05) is 6.33 Å². The average molecular weight is 221 g/mol. The molecule has 1 fully saturated rings. The molecule has 1 aromatic heterocycles. The summed E-state index contributed by atoms with van der Waals surface area (Å²) in [4.78, 5) is 2.49. The molecule has 1 unspecified atom stereocenters. The fourth-order valence-electron chi connectivity index (χ4n) is 2.65. The summed E-state index contributed by atoms with van der Waals surface area (Å²) in [6.45, 7) is 5.54. The lowest BCUT2D eigenvalue weighted by atomic mass is 10.1. The Bertz CT molecular complexity index is 342. The van der Waals surface area contributed by atoms with Crippen LogP contribution in [0.4, 0.5) is 0 Å².